The van der Waals surface area contributed by atoms with Crippen LogP contribution >= 0.6 is 12.4 Å². The zero-order valence-electron chi connectivity index (χ0n) is 15.8. The Morgan fingerprint density at radius 2 is 1.85 bits per heavy atom. The molecule has 142 valence electrons. The van der Waals surface area contributed by atoms with Gasteiger partial charge in [-0.05, 0) is 57.0 Å². The summed E-state index contributed by atoms with van der Waals surface area (Å²) in [5, 5.41) is 14.0. The molecule has 0 spiro atoms. The fourth-order valence-electron chi connectivity index (χ4n) is 3.18. The zero-order valence-corrected chi connectivity index (χ0v) is 16.6. The lowest BCUT2D eigenvalue weighted by Gasteiger charge is -2.26. The lowest BCUT2D eigenvalue weighted by molar-refractivity contribution is 0.293. The molecule has 0 unspecified atom stereocenters. The number of H-pyrrole nitrogens is 1. The summed E-state index contributed by atoms with van der Waals surface area (Å²) in [7, 11) is 0. The van der Waals surface area contributed by atoms with Crippen molar-refractivity contribution < 1.29 is 4.74 Å². The highest BCUT2D eigenvalue weighted by Crippen LogP contribution is 2.22. The molecule has 2 aromatic carbocycles. The van der Waals surface area contributed by atoms with Crippen molar-refractivity contribution in [2.24, 2.45) is 0 Å². The van der Waals surface area contributed by atoms with Crippen molar-refractivity contribution in [1.29, 1.82) is 5.26 Å². The van der Waals surface area contributed by atoms with E-state index in [1.54, 1.807) is 6.07 Å². The number of nitrogens with one attached hydrogen (secondary N) is 2. The highest BCUT2D eigenvalue weighted by molar-refractivity contribution is 5.85. The lowest BCUT2D eigenvalue weighted by atomic mass is 9.94. The average Bonchev–Trinajstić information content (AvgIpc) is 3.04. The quantitative estimate of drug-likeness (QED) is 0.547. The number of rotatable bonds is 8. The van der Waals surface area contributed by atoms with Crippen LogP contribution in [0.1, 0.15) is 31.4 Å². The minimum Gasteiger partial charge on any atom is -0.492 e. The summed E-state index contributed by atoms with van der Waals surface area (Å²) in [6.07, 6.45) is 3.95. The van der Waals surface area contributed by atoms with Crippen LogP contribution in [0.25, 0.3) is 10.9 Å². The third-order valence-corrected chi connectivity index (χ3v) is 4.50. The van der Waals surface area contributed by atoms with E-state index in [1.807, 2.05) is 18.2 Å². The summed E-state index contributed by atoms with van der Waals surface area (Å²) in [6.45, 7) is 5.90. The molecule has 4 nitrogen and oxygen atoms in total. The molecule has 0 atom stereocenters. The largest absolute Gasteiger partial charge is 0.492 e. The predicted octanol–water partition coefficient (Wildman–Crippen LogP) is 4.84. The van der Waals surface area contributed by atoms with Gasteiger partial charge in [-0.1, -0.05) is 30.3 Å². The fraction of sp³-hybridized carbons (Fsp3) is 0.318. The Morgan fingerprint density at radius 1 is 1.11 bits per heavy atom. The van der Waals surface area contributed by atoms with E-state index >= 15 is 0 Å². The third-order valence-electron chi connectivity index (χ3n) is 4.50. The molecule has 0 saturated heterocycles. The second-order valence-corrected chi connectivity index (χ2v) is 7.16. The Kier molecular flexibility index (Phi) is 7.29. The number of nitrogens with zero attached hydrogens (tertiary/aromatic N) is 1. The number of aromatic amines is 1. The van der Waals surface area contributed by atoms with Gasteiger partial charge in [0.1, 0.15) is 11.8 Å². The summed E-state index contributed by atoms with van der Waals surface area (Å²) in [5.41, 5.74) is 3.09. The molecule has 5 heteroatoms. The zero-order chi connectivity index (χ0) is 18.4. The van der Waals surface area contributed by atoms with Crippen LogP contribution in [0.15, 0.2) is 54.7 Å². The van der Waals surface area contributed by atoms with Gasteiger partial charge in [0, 0.05) is 22.6 Å². The molecule has 3 aromatic rings. The number of nitriles is 1. The monoisotopic (exact) mass is 383 g/mol. The average molecular weight is 384 g/mol. The summed E-state index contributed by atoms with van der Waals surface area (Å²) >= 11 is 0. The molecule has 1 aromatic heterocycles. The Bertz CT molecular complexity index is 911. The number of ether oxygens (including phenoxy) is 1. The molecular weight excluding hydrogens is 358 g/mol. The Morgan fingerprint density at radius 3 is 2.67 bits per heavy atom. The maximum atomic E-state index is 9.08. The minimum atomic E-state index is -0.00444. The van der Waals surface area contributed by atoms with Gasteiger partial charge < -0.3 is 15.0 Å². The maximum absolute atomic E-state index is 9.08. The first-order chi connectivity index (χ1) is 12.6. The van der Waals surface area contributed by atoms with Gasteiger partial charge in [0.2, 0.25) is 0 Å². The van der Waals surface area contributed by atoms with Crippen molar-refractivity contribution >= 4 is 23.3 Å². The van der Waals surface area contributed by atoms with Gasteiger partial charge >= 0.3 is 0 Å². The van der Waals surface area contributed by atoms with Gasteiger partial charge in [-0.2, -0.15) is 5.26 Å². The smallest absolute Gasteiger partial charge is 0.137 e. The van der Waals surface area contributed by atoms with E-state index < -0.39 is 0 Å². The summed E-state index contributed by atoms with van der Waals surface area (Å²) in [5.74, 6) is 0.660. The summed E-state index contributed by atoms with van der Waals surface area (Å²) in [6, 6.07) is 17.9. The number of benzene rings is 2. The molecule has 1 heterocycles. The van der Waals surface area contributed by atoms with Crippen LogP contribution in [0.4, 0.5) is 0 Å². The van der Waals surface area contributed by atoms with Crippen molar-refractivity contribution in [3.05, 3.63) is 65.9 Å². The molecule has 0 bridgehead atoms. The molecule has 0 saturated carbocycles. The fourth-order valence-corrected chi connectivity index (χ4v) is 3.18. The lowest BCUT2D eigenvalue weighted by Crippen LogP contribution is -2.42. The molecule has 0 fully saturated rings. The maximum Gasteiger partial charge on any atom is 0.137 e. The standard InChI is InChI=1S/C22H25N3O.ClH/c1-22(2,14-18-16-24-20-10-5-4-9-19(18)20)25-12-7-13-26-21-11-6-3-8-17(21)15-23;/h3-6,8-11,16,24-25H,7,12-14H2,1-2H3;1H. The van der Waals surface area contributed by atoms with Gasteiger partial charge in [0.25, 0.3) is 0 Å². The molecule has 0 aliphatic heterocycles. The first-order valence-corrected chi connectivity index (χ1v) is 9.01. The van der Waals surface area contributed by atoms with Gasteiger partial charge in [0.05, 0.1) is 12.2 Å². The molecule has 27 heavy (non-hydrogen) atoms. The second-order valence-electron chi connectivity index (χ2n) is 7.16. The van der Waals surface area contributed by atoms with Crippen LogP contribution in [-0.4, -0.2) is 23.7 Å². The molecular formula is C22H26ClN3O. The molecule has 0 aliphatic rings. The van der Waals surface area contributed by atoms with Crippen LogP contribution in [0.5, 0.6) is 5.75 Å². The second kappa shape index (κ2) is 9.45. The number of hydrogen-bond donors (Lipinski definition) is 2. The topological polar surface area (TPSA) is 60.8 Å². The van der Waals surface area contributed by atoms with Crippen LogP contribution in [-0.2, 0) is 6.42 Å². The number of para-hydroxylation sites is 2. The van der Waals surface area contributed by atoms with E-state index in [4.69, 9.17) is 10.00 Å². The van der Waals surface area contributed by atoms with Gasteiger partial charge in [0.15, 0.2) is 0 Å². The van der Waals surface area contributed by atoms with Crippen molar-refractivity contribution in [3.8, 4) is 11.8 Å². The normalized spacial score (nSPS) is 11.0. The molecule has 0 radical (unpaired) electrons. The van der Waals surface area contributed by atoms with E-state index in [9.17, 15) is 0 Å². The van der Waals surface area contributed by atoms with Crippen LogP contribution in [0.3, 0.4) is 0 Å². The van der Waals surface area contributed by atoms with E-state index in [0.717, 1.165) is 19.4 Å². The van der Waals surface area contributed by atoms with Gasteiger partial charge in [-0.3, -0.25) is 0 Å². The van der Waals surface area contributed by atoms with Crippen molar-refractivity contribution in [2.75, 3.05) is 13.2 Å². The Labute approximate surface area is 167 Å². The van der Waals surface area contributed by atoms with Crippen LogP contribution < -0.4 is 10.1 Å². The highest BCUT2D eigenvalue weighted by atomic mass is 35.5. The van der Waals surface area contributed by atoms with Crippen LogP contribution in [0.2, 0.25) is 0 Å². The molecule has 0 aliphatic carbocycles. The summed E-state index contributed by atoms with van der Waals surface area (Å²) < 4.78 is 5.74. The van der Waals surface area contributed by atoms with Crippen molar-refractivity contribution in [3.63, 3.8) is 0 Å². The SMILES string of the molecule is CC(C)(Cc1c[nH]c2ccccc12)NCCCOc1ccccc1C#N.Cl. The summed E-state index contributed by atoms with van der Waals surface area (Å²) in [4.78, 5) is 3.34. The predicted molar refractivity (Wildman–Crippen MR) is 113 cm³/mol. The van der Waals surface area contributed by atoms with E-state index in [1.165, 1.54) is 16.5 Å². The Balaban J connectivity index is 0.00000261. The highest BCUT2D eigenvalue weighted by Gasteiger charge is 2.19. The van der Waals surface area contributed by atoms with Crippen molar-refractivity contribution in [2.45, 2.75) is 32.2 Å². The van der Waals surface area contributed by atoms with E-state index in [0.29, 0.717) is 17.9 Å². The number of halogens is 1. The number of aromatic nitrogens is 1. The number of hydrogen-bond acceptors (Lipinski definition) is 3. The Hall–Kier alpha value is -2.48. The van der Waals surface area contributed by atoms with Gasteiger partial charge in [-0.15, -0.1) is 12.4 Å². The van der Waals surface area contributed by atoms with Gasteiger partial charge in [-0.25, -0.2) is 0 Å². The molecule has 3 rings (SSSR count). The third kappa shape index (κ3) is 5.50. The first-order valence-electron chi connectivity index (χ1n) is 9.01. The van der Waals surface area contributed by atoms with Crippen molar-refractivity contribution in [1.82, 2.24) is 10.3 Å². The molecule has 2 N–H and O–H groups in total. The number of fused-ring (bicyclic) bond motifs is 1. The van der Waals surface area contributed by atoms with E-state index in [2.05, 4.69) is 60.7 Å². The minimum absolute atomic E-state index is 0. The molecule has 0 amide bonds. The first kappa shape index (κ1) is 20.8. The van der Waals surface area contributed by atoms with Crippen LogP contribution in [0, 0.1) is 11.3 Å². The van der Waals surface area contributed by atoms with E-state index in [-0.39, 0.29) is 17.9 Å².